The first kappa shape index (κ1) is 14.8. The zero-order valence-electron chi connectivity index (χ0n) is 10.7. The van der Waals surface area contributed by atoms with E-state index in [2.05, 4.69) is 0 Å². The maximum atomic E-state index is 12.5. The molecule has 1 aliphatic rings. The molecule has 0 saturated heterocycles. The number of hydrogen-bond acceptors (Lipinski definition) is 2. The number of hydrogen-bond donors (Lipinski definition) is 1. The average molecular weight is 253 g/mol. The van der Waals surface area contributed by atoms with E-state index in [1.807, 2.05) is 6.92 Å². The summed E-state index contributed by atoms with van der Waals surface area (Å²) in [6.45, 7) is 4.60. The van der Waals surface area contributed by atoms with Gasteiger partial charge in [0.05, 0.1) is 12.6 Å². The summed E-state index contributed by atoms with van der Waals surface area (Å²) in [6.07, 6.45) is -2.68. The molecule has 3 atom stereocenters. The molecule has 17 heavy (non-hydrogen) atoms. The van der Waals surface area contributed by atoms with E-state index in [1.165, 1.54) is 4.90 Å². The second-order valence-electron chi connectivity index (χ2n) is 5.43. The summed E-state index contributed by atoms with van der Waals surface area (Å²) in [5.41, 5.74) is 0. The van der Waals surface area contributed by atoms with E-state index in [1.54, 1.807) is 13.8 Å². The highest BCUT2D eigenvalue weighted by Crippen LogP contribution is 2.31. The molecular formula is C12H22F3NO. The van der Waals surface area contributed by atoms with Crippen LogP contribution in [0.5, 0.6) is 0 Å². The standard InChI is InChI=1S/C12H22F3NO/c1-8(2)16(7-12(13,14)15)10-6-9(3)4-5-11(10)17/h8-11,17H,4-7H2,1-3H3. The molecule has 2 nitrogen and oxygen atoms in total. The summed E-state index contributed by atoms with van der Waals surface area (Å²) in [6, 6.07) is -0.568. The molecule has 102 valence electrons. The molecule has 1 saturated carbocycles. The molecule has 0 spiro atoms. The fourth-order valence-corrected chi connectivity index (χ4v) is 2.58. The topological polar surface area (TPSA) is 23.5 Å². The first-order valence-electron chi connectivity index (χ1n) is 6.21. The number of nitrogens with zero attached hydrogens (tertiary/aromatic N) is 1. The van der Waals surface area contributed by atoms with Crippen molar-refractivity contribution in [3.8, 4) is 0 Å². The van der Waals surface area contributed by atoms with Gasteiger partial charge in [-0.15, -0.1) is 0 Å². The number of aliphatic hydroxyl groups is 1. The minimum atomic E-state index is -4.20. The number of halogens is 3. The Labute approximate surface area is 101 Å². The van der Waals surface area contributed by atoms with Gasteiger partial charge in [0, 0.05) is 12.1 Å². The Bertz CT molecular complexity index is 242. The molecule has 0 aliphatic heterocycles. The fourth-order valence-electron chi connectivity index (χ4n) is 2.58. The van der Waals surface area contributed by atoms with Crippen LogP contribution in [0.3, 0.4) is 0 Å². The van der Waals surface area contributed by atoms with Crippen LogP contribution in [0, 0.1) is 5.92 Å². The maximum absolute atomic E-state index is 12.5. The zero-order valence-corrected chi connectivity index (χ0v) is 10.7. The maximum Gasteiger partial charge on any atom is 0.401 e. The monoisotopic (exact) mass is 253 g/mol. The van der Waals surface area contributed by atoms with Gasteiger partial charge in [-0.25, -0.2) is 0 Å². The third-order valence-electron chi connectivity index (χ3n) is 3.49. The second-order valence-corrected chi connectivity index (χ2v) is 5.43. The smallest absolute Gasteiger partial charge is 0.391 e. The molecule has 3 unspecified atom stereocenters. The van der Waals surface area contributed by atoms with Gasteiger partial charge in [0.25, 0.3) is 0 Å². The molecule has 5 heteroatoms. The first-order valence-corrected chi connectivity index (χ1v) is 6.21. The molecule has 0 aromatic rings. The Hall–Kier alpha value is -0.290. The molecule has 0 radical (unpaired) electrons. The van der Waals surface area contributed by atoms with Gasteiger partial charge in [-0.3, -0.25) is 4.90 Å². The van der Waals surface area contributed by atoms with Crippen LogP contribution in [0.1, 0.15) is 40.0 Å². The van der Waals surface area contributed by atoms with Crippen molar-refractivity contribution < 1.29 is 18.3 Å². The van der Waals surface area contributed by atoms with Crippen LogP contribution in [0.25, 0.3) is 0 Å². The molecule has 1 N–H and O–H groups in total. The molecule has 0 amide bonds. The SMILES string of the molecule is CC1CCC(O)C(N(CC(F)(F)F)C(C)C)C1. The Morgan fingerprint density at radius 2 is 1.88 bits per heavy atom. The summed E-state index contributed by atoms with van der Waals surface area (Å²) in [4.78, 5) is 1.39. The van der Waals surface area contributed by atoms with Crippen molar-refractivity contribution in [3.05, 3.63) is 0 Å². The quantitative estimate of drug-likeness (QED) is 0.836. The summed E-state index contributed by atoms with van der Waals surface area (Å²) in [5.74, 6) is 0.387. The lowest BCUT2D eigenvalue weighted by molar-refractivity contribution is -0.164. The second kappa shape index (κ2) is 5.57. The van der Waals surface area contributed by atoms with Gasteiger partial charge < -0.3 is 5.11 Å². The van der Waals surface area contributed by atoms with E-state index >= 15 is 0 Å². The predicted molar refractivity (Wildman–Crippen MR) is 60.7 cm³/mol. The molecule has 1 fully saturated rings. The van der Waals surface area contributed by atoms with Crippen LogP contribution in [0.15, 0.2) is 0 Å². The van der Waals surface area contributed by atoms with E-state index in [9.17, 15) is 18.3 Å². The molecular weight excluding hydrogens is 231 g/mol. The minimum absolute atomic E-state index is 0.207. The average Bonchev–Trinajstić information content (AvgIpc) is 2.17. The van der Waals surface area contributed by atoms with Crippen LogP contribution in [0.2, 0.25) is 0 Å². The van der Waals surface area contributed by atoms with Crippen LogP contribution < -0.4 is 0 Å². The van der Waals surface area contributed by atoms with E-state index in [-0.39, 0.29) is 12.1 Å². The largest absolute Gasteiger partial charge is 0.401 e. The van der Waals surface area contributed by atoms with Crippen LogP contribution in [0.4, 0.5) is 13.2 Å². The van der Waals surface area contributed by atoms with Crippen molar-refractivity contribution in [2.24, 2.45) is 5.92 Å². The highest BCUT2D eigenvalue weighted by Gasteiger charge is 2.39. The fraction of sp³-hybridized carbons (Fsp3) is 1.00. The van der Waals surface area contributed by atoms with Gasteiger partial charge in [0.2, 0.25) is 0 Å². The molecule has 0 aromatic carbocycles. The van der Waals surface area contributed by atoms with E-state index < -0.39 is 18.8 Å². The van der Waals surface area contributed by atoms with Gasteiger partial charge in [0.1, 0.15) is 0 Å². The van der Waals surface area contributed by atoms with Crippen molar-refractivity contribution in [2.75, 3.05) is 6.54 Å². The van der Waals surface area contributed by atoms with Crippen molar-refractivity contribution in [3.63, 3.8) is 0 Å². The molecule has 0 bridgehead atoms. The van der Waals surface area contributed by atoms with Crippen LogP contribution in [-0.4, -0.2) is 40.9 Å². The van der Waals surface area contributed by atoms with E-state index in [0.29, 0.717) is 18.8 Å². The lowest BCUT2D eigenvalue weighted by atomic mass is 9.83. The Kier molecular flexibility index (Phi) is 4.84. The highest BCUT2D eigenvalue weighted by atomic mass is 19.4. The summed E-state index contributed by atoms with van der Waals surface area (Å²) >= 11 is 0. The van der Waals surface area contributed by atoms with E-state index in [0.717, 1.165) is 6.42 Å². The normalized spacial score (nSPS) is 31.2. The zero-order chi connectivity index (χ0) is 13.2. The minimum Gasteiger partial charge on any atom is -0.391 e. The van der Waals surface area contributed by atoms with Gasteiger partial charge in [0.15, 0.2) is 0 Å². The Balaban J connectivity index is 2.74. The van der Waals surface area contributed by atoms with Crippen LogP contribution in [-0.2, 0) is 0 Å². The number of aliphatic hydroxyl groups excluding tert-OH is 1. The first-order chi connectivity index (χ1) is 7.70. The van der Waals surface area contributed by atoms with Crippen molar-refractivity contribution >= 4 is 0 Å². The van der Waals surface area contributed by atoms with Crippen LogP contribution >= 0.6 is 0 Å². The van der Waals surface area contributed by atoms with Gasteiger partial charge in [-0.1, -0.05) is 6.92 Å². The number of rotatable bonds is 3. The lowest BCUT2D eigenvalue weighted by Crippen LogP contribution is -2.53. The van der Waals surface area contributed by atoms with Crippen molar-refractivity contribution in [2.45, 2.75) is 64.4 Å². The molecule has 0 heterocycles. The molecule has 1 aliphatic carbocycles. The van der Waals surface area contributed by atoms with Gasteiger partial charge in [-0.2, -0.15) is 13.2 Å². The van der Waals surface area contributed by atoms with Gasteiger partial charge >= 0.3 is 6.18 Å². The van der Waals surface area contributed by atoms with Crippen molar-refractivity contribution in [1.82, 2.24) is 4.90 Å². The lowest BCUT2D eigenvalue weighted by Gasteiger charge is -2.42. The Morgan fingerprint density at radius 1 is 1.29 bits per heavy atom. The summed E-state index contributed by atoms with van der Waals surface area (Å²) in [7, 11) is 0. The van der Waals surface area contributed by atoms with E-state index in [4.69, 9.17) is 0 Å². The molecule has 0 aromatic heterocycles. The third-order valence-corrected chi connectivity index (χ3v) is 3.49. The van der Waals surface area contributed by atoms with Gasteiger partial charge in [-0.05, 0) is 39.0 Å². The molecule has 1 rings (SSSR count). The summed E-state index contributed by atoms with van der Waals surface area (Å²) in [5, 5.41) is 9.89. The highest BCUT2D eigenvalue weighted by molar-refractivity contribution is 4.88. The van der Waals surface area contributed by atoms with Crippen molar-refractivity contribution in [1.29, 1.82) is 0 Å². The predicted octanol–water partition coefficient (Wildman–Crippen LogP) is 2.81. The Morgan fingerprint density at radius 3 is 2.35 bits per heavy atom. The summed E-state index contributed by atoms with van der Waals surface area (Å²) < 4.78 is 37.6. The third kappa shape index (κ3) is 4.47. The number of alkyl halides is 3.